The molecule has 24 heavy (non-hydrogen) atoms. The van der Waals surface area contributed by atoms with Crippen molar-refractivity contribution < 1.29 is 9.53 Å². The SMILES string of the molecule is Cc1cc(C)n(-c2ccc(COC(=O)c3ccccc3Cl)cc2)n1. The second-order valence-corrected chi connectivity index (χ2v) is 5.97. The molecule has 122 valence electrons. The topological polar surface area (TPSA) is 44.1 Å². The van der Waals surface area contributed by atoms with Crippen molar-refractivity contribution in [3.8, 4) is 5.69 Å². The van der Waals surface area contributed by atoms with E-state index in [0.717, 1.165) is 22.6 Å². The van der Waals surface area contributed by atoms with Gasteiger partial charge in [0.05, 0.1) is 22.0 Å². The highest BCUT2D eigenvalue weighted by Crippen LogP contribution is 2.17. The van der Waals surface area contributed by atoms with Crippen LogP contribution in [0.3, 0.4) is 0 Å². The maximum absolute atomic E-state index is 12.1. The van der Waals surface area contributed by atoms with E-state index >= 15 is 0 Å². The Labute approximate surface area is 145 Å². The summed E-state index contributed by atoms with van der Waals surface area (Å²) in [5, 5.41) is 4.84. The van der Waals surface area contributed by atoms with Crippen LogP contribution >= 0.6 is 11.6 Å². The number of ether oxygens (including phenoxy) is 1. The summed E-state index contributed by atoms with van der Waals surface area (Å²) >= 11 is 6.00. The quantitative estimate of drug-likeness (QED) is 0.657. The highest BCUT2D eigenvalue weighted by molar-refractivity contribution is 6.33. The van der Waals surface area contributed by atoms with Crippen LogP contribution in [0, 0.1) is 13.8 Å². The molecule has 0 bridgehead atoms. The van der Waals surface area contributed by atoms with Gasteiger partial charge in [-0.2, -0.15) is 5.10 Å². The van der Waals surface area contributed by atoms with E-state index in [4.69, 9.17) is 16.3 Å². The number of aromatic nitrogens is 2. The van der Waals surface area contributed by atoms with E-state index in [0.29, 0.717) is 10.6 Å². The molecule has 0 aliphatic rings. The van der Waals surface area contributed by atoms with Crippen LogP contribution in [-0.2, 0) is 11.3 Å². The van der Waals surface area contributed by atoms with Gasteiger partial charge in [0.15, 0.2) is 0 Å². The largest absolute Gasteiger partial charge is 0.457 e. The van der Waals surface area contributed by atoms with Crippen molar-refractivity contribution in [3.05, 3.63) is 82.1 Å². The number of halogens is 1. The van der Waals surface area contributed by atoms with Gasteiger partial charge >= 0.3 is 5.97 Å². The van der Waals surface area contributed by atoms with E-state index in [9.17, 15) is 4.79 Å². The van der Waals surface area contributed by atoms with Crippen molar-refractivity contribution in [1.29, 1.82) is 0 Å². The Bertz CT molecular complexity index is 869. The molecule has 0 fully saturated rings. The van der Waals surface area contributed by atoms with Crippen LogP contribution < -0.4 is 0 Å². The Kier molecular flexibility index (Phi) is 4.67. The first-order chi connectivity index (χ1) is 11.5. The van der Waals surface area contributed by atoms with Crippen LogP contribution in [0.15, 0.2) is 54.6 Å². The monoisotopic (exact) mass is 340 g/mol. The molecule has 0 spiro atoms. The average molecular weight is 341 g/mol. The average Bonchev–Trinajstić information content (AvgIpc) is 2.92. The minimum absolute atomic E-state index is 0.196. The van der Waals surface area contributed by atoms with E-state index in [1.54, 1.807) is 24.3 Å². The first kappa shape index (κ1) is 16.3. The van der Waals surface area contributed by atoms with Gasteiger partial charge < -0.3 is 4.74 Å². The van der Waals surface area contributed by atoms with Gasteiger partial charge in [0.1, 0.15) is 6.61 Å². The summed E-state index contributed by atoms with van der Waals surface area (Å²) in [6.07, 6.45) is 0. The van der Waals surface area contributed by atoms with Gasteiger partial charge in [0.2, 0.25) is 0 Å². The number of esters is 1. The summed E-state index contributed by atoms with van der Waals surface area (Å²) in [6.45, 7) is 4.17. The van der Waals surface area contributed by atoms with Crippen molar-refractivity contribution >= 4 is 17.6 Å². The molecule has 0 aliphatic carbocycles. The highest BCUT2D eigenvalue weighted by atomic mass is 35.5. The van der Waals surface area contributed by atoms with Gasteiger partial charge in [0, 0.05) is 5.69 Å². The Morgan fingerprint density at radius 2 is 1.83 bits per heavy atom. The zero-order valence-corrected chi connectivity index (χ0v) is 14.2. The molecule has 1 aromatic heterocycles. The van der Waals surface area contributed by atoms with Crippen molar-refractivity contribution in [3.63, 3.8) is 0 Å². The zero-order chi connectivity index (χ0) is 17.1. The fourth-order valence-corrected chi connectivity index (χ4v) is 2.69. The minimum Gasteiger partial charge on any atom is -0.457 e. The molecule has 2 aromatic carbocycles. The minimum atomic E-state index is -0.428. The number of benzene rings is 2. The van der Waals surface area contributed by atoms with Gasteiger partial charge in [-0.15, -0.1) is 0 Å². The number of rotatable bonds is 4. The van der Waals surface area contributed by atoms with E-state index in [-0.39, 0.29) is 6.61 Å². The molecule has 3 aromatic rings. The molecule has 0 unspecified atom stereocenters. The molecule has 3 rings (SSSR count). The number of aryl methyl sites for hydroxylation is 2. The summed E-state index contributed by atoms with van der Waals surface area (Å²) in [4.78, 5) is 12.1. The second-order valence-electron chi connectivity index (χ2n) is 5.56. The highest BCUT2D eigenvalue weighted by Gasteiger charge is 2.11. The summed E-state index contributed by atoms with van der Waals surface area (Å²) in [6, 6.07) is 16.6. The lowest BCUT2D eigenvalue weighted by Crippen LogP contribution is -2.06. The molecule has 0 N–H and O–H groups in total. The lowest BCUT2D eigenvalue weighted by Gasteiger charge is -2.08. The maximum Gasteiger partial charge on any atom is 0.339 e. The summed E-state index contributed by atoms with van der Waals surface area (Å²) in [5.74, 6) is -0.428. The maximum atomic E-state index is 12.1. The molecule has 1 heterocycles. The number of hydrogen-bond acceptors (Lipinski definition) is 3. The van der Waals surface area contributed by atoms with Crippen LogP contribution in [0.1, 0.15) is 27.3 Å². The van der Waals surface area contributed by atoms with E-state index in [2.05, 4.69) is 5.10 Å². The Hall–Kier alpha value is -2.59. The third-order valence-electron chi connectivity index (χ3n) is 3.65. The molecule has 4 nitrogen and oxygen atoms in total. The van der Waals surface area contributed by atoms with Crippen LogP contribution in [0.4, 0.5) is 0 Å². The van der Waals surface area contributed by atoms with Gasteiger partial charge in [0.25, 0.3) is 0 Å². The van der Waals surface area contributed by atoms with Crippen molar-refractivity contribution in [2.45, 2.75) is 20.5 Å². The standard InChI is InChI=1S/C19H17ClN2O2/c1-13-11-14(2)22(21-13)16-9-7-15(8-10-16)12-24-19(23)17-5-3-4-6-18(17)20/h3-11H,12H2,1-2H3. The lowest BCUT2D eigenvalue weighted by molar-refractivity contribution is 0.0473. The molecular weight excluding hydrogens is 324 g/mol. The van der Waals surface area contributed by atoms with Crippen LogP contribution in [0.25, 0.3) is 5.69 Å². The van der Waals surface area contributed by atoms with E-state index in [1.165, 1.54) is 0 Å². The summed E-state index contributed by atoms with van der Waals surface area (Å²) in [7, 11) is 0. The molecule has 0 aliphatic heterocycles. The van der Waals surface area contributed by atoms with Crippen LogP contribution in [0.5, 0.6) is 0 Å². The van der Waals surface area contributed by atoms with Crippen LogP contribution in [-0.4, -0.2) is 15.7 Å². The fourth-order valence-electron chi connectivity index (χ4n) is 2.48. The Balaban J connectivity index is 1.68. The number of carbonyl (C=O) groups excluding carboxylic acids is 1. The van der Waals surface area contributed by atoms with E-state index < -0.39 is 5.97 Å². The van der Waals surface area contributed by atoms with Gasteiger partial charge in [-0.05, 0) is 49.7 Å². The third kappa shape index (κ3) is 3.49. The van der Waals surface area contributed by atoms with Gasteiger partial charge in [-0.3, -0.25) is 0 Å². The van der Waals surface area contributed by atoms with Gasteiger partial charge in [-0.25, -0.2) is 9.48 Å². The molecule has 0 saturated heterocycles. The third-order valence-corrected chi connectivity index (χ3v) is 3.98. The molecule has 0 atom stereocenters. The first-order valence-corrected chi connectivity index (χ1v) is 7.96. The summed E-state index contributed by atoms with van der Waals surface area (Å²) in [5.41, 5.74) is 4.30. The van der Waals surface area contributed by atoms with Crippen molar-refractivity contribution in [2.75, 3.05) is 0 Å². The van der Waals surface area contributed by atoms with Crippen molar-refractivity contribution in [2.24, 2.45) is 0 Å². The summed E-state index contributed by atoms with van der Waals surface area (Å²) < 4.78 is 7.21. The zero-order valence-electron chi connectivity index (χ0n) is 13.5. The number of nitrogens with zero attached hydrogens (tertiary/aromatic N) is 2. The predicted octanol–water partition coefficient (Wildman–Crippen LogP) is 4.50. The smallest absolute Gasteiger partial charge is 0.339 e. The number of hydrogen-bond donors (Lipinski definition) is 0. The molecular formula is C19H17ClN2O2. The molecule has 0 saturated carbocycles. The second kappa shape index (κ2) is 6.89. The fraction of sp³-hybridized carbons (Fsp3) is 0.158. The normalized spacial score (nSPS) is 10.6. The lowest BCUT2D eigenvalue weighted by atomic mass is 10.2. The first-order valence-electron chi connectivity index (χ1n) is 7.59. The number of carbonyl (C=O) groups is 1. The predicted molar refractivity (Wildman–Crippen MR) is 93.6 cm³/mol. The molecule has 0 radical (unpaired) electrons. The Morgan fingerprint density at radius 1 is 1.12 bits per heavy atom. The Morgan fingerprint density at radius 3 is 2.46 bits per heavy atom. The molecule has 5 heteroatoms. The van der Waals surface area contributed by atoms with E-state index in [1.807, 2.05) is 48.9 Å². The molecule has 0 amide bonds. The van der Waals surface area contributed by atoms with Crippen molar-refractivity contribution in [1.82, 2.24) is 9.78 Å². The van der Waals surface area contributed by atoms with Crippen LogP contribution in [0.2, 0.25) is 5.02 Å². The van der Waals surface area contributed by atoms with Gasteiger partial charge in [-0.1, -0.05) is 35.9 Å².